The molecule has 1 aliphatic rings. The number of ketones is 1. The van der Waals surface area contributed by atoms with Gasteiger partial charge in [0.1, 0.15) is 5.78 Å². The fourth-order valence-electron chi connectivity index (χ4n) is 1.58. The number of hydrogen-bond acceptors (Lipinski definition) is 1. The molecule has 0 aliphatic heterocycles. The first-order valence-electron chi connectivity index (χ1n) is 3.32. The molecule has 0 aromatic heterocycles. The van der Waals surface area contributed by atoms with E-state index >= 15 is 0 Å². The van der Waals surface area contributed by atoms with Crippen molar-refractivity contribution >= 4 is 5.78 Å². The van der Waals surface area contributed by atoms with Crippen molar-refractivity contribution in [1.82, 2.24) is 0 Å². The number of carbonyl (C=O) groups excluding carboxylic acids is 1. The van der Waals surface area contributed by atoms with Crippen LogP contribution >= 0.6 is 0 Å². The van der Waals surface area contributed by atoms with E-state index in [0.717, 1.165) is 0 Å². The molecule has 10 heavy (non-hydrogen) atoms. The van der Waals surface area contributed by atoms with Crippen molar-refractivity contribution in [3.63, 3.8) is 0 Å². The first kappa shape index (κ1) is 11.5. The molecule has 1 rings (SSSR count). The smallest absolute Gasteiger partial charge is 0.305 e. The second kappa shape index (κ2) is 3.46. The molecule has 0 bridgehead atoms. The van der Waals surface area contributed by atoms with Crippen molar-refractivity contribution < 1.29 is 63.0 Å². The topological polar surface area (TPSA) is 17.1 Å². The van der Waals surface area contributed by atoms with E-state index in [1.807, 2.05) is 0 Å². The van der Waals surface area contributed by atoms with Gasteiger partial charge < -0.3 is 10.7 Å². The molecule has 1 saturated carbocycles. The summed E-state index contributed by atoms with van der Waals surface area (Å²) in [5.74, 6) is 1.92. The van der Waals surface area contributed by atoms with Gasteiger partial charge >= 0.3 is 58.2 Å². The van der Waals surface area contributed by atoms with Crippen LogP contribution in [0.3, 0.4) is 0 Å². The third-order valence-corrected chi connectivity index (χ3v) is 2.49. The van der Waals surface area contributed by atoms with Crippen LogP contribution in [0.5, 0.6) is 0 Å². The first-order valence-corrected chi connectivity index (χ1v) is 3.32. The second-order valence-corrected chi connectivity index (χ2v) is 3.45. The third kappa shape index (κ3) is 1.79. The summed E-state index contributed by atoms with van der Waals surface area (Å²) < 4.78 is 0. The standard InChI is InChI=1S/C8H13O.Rb/c1-5-7(6(2)9)8(5,3)4;/h7H,1-4H3;/q-1;+1. The molecule has 1 atom stereocenters. The zero-order valence-electron chi connectivity index (χ0n) is 7.49. The van der Waals surface area contributed by atoms with Crippen LogP contribution in [-0.4, -0.2) is 5.78 Å². The van der Waals surface area contributed by atoms with Crippen molar-refractivity contribution in [2.45, 2.75) is 27.7 Å². The Kier molecular flexibility index (Phi) is 3.98. The Hall–Kier alpha value is 1.48. The molecule has 2 heteroatoms. The summed E-state index contributed by atoms with van der Waals surface area (Å²) in [7, 11) is 0. The molecule has 0 saturated heterocycles. The predicted octanol–water partition coefficient (Wildman–Crippen LogP) is -1.17. The van der Waals surface area contributed by atoms with Gasteiger partial charge in [-0.2, -0.15) is 12.3 Å². The second-order valence-electron chi connectivity index (χ2n) is 3.45. The van der Waals surface area contributed by atoms with Crippen molar-refractivity contribution in [1.29, 1.82) is 0 Å². The number of rotatable bonds is 1. The van der Waals surface area contributed by atoms with E-state index in [9.17, 15) is 4.79 Å². The van der Waals surface area contributed by atoms with Gasteiger partial charge in [0.25, 0.3) is 0 Å². The summed E-state index contributed by atoms with van der Waals surface area (Å²) in [4.78, 5) is 10.8. The largest absolute Gasteiger partial charge is 1.00 e. The van der Waals surface area contributed by atoms with Crippen LogP contribution in [-0.2, 0) is 4.79 Å². The van der Waals surface area contributed by atoms with Gasteiger partial charge in [-0.05, 0) is 6.92 Å². The van der Waals surface area contributed by atoms with Gasteiger partial charge in [-0.15, -0.1) is 5.92 Å². The molecule has 0 aromatic carbocycles. The van der Waals surface area contributed by atoms with Gasteiger partial charge in [-0.1, -0.05) is 13.8 Å². The Morgan fingerprint density at radius 1 is 1.50 bits per heavy atom. The average molecular weight is 211 g/mol. The Morgan fingerprint density at radius 2 is 1.80 bits per heavy atom. The molecule has 1 aliphatic carbocycles. The minimum atomic E-state index is 0. The zero-order chi connectivity index (χ0) is 7.23. The van der Waals surface area contributed by atoms with E-state index in [4.69, 9.17) is 0 Å². The fraction of sp³-hybridized carbons (Fsp3) is 0.750. The molecule has 0 aromatic rings. The summed E-state index contributed by atoms with van der Waals surface area (Å²) in [6.07, 6.45) is 0. The van der Waals surface area contributed by atoms with Crippen LogP contribution < -0.4 is 58.2 Å². The summed E-state index contributed by atoms with van der Waals surface area (Å²) in [6.45, 7) is 7.97. The zero-order valence-corrected chi connectivity index (χ0v) is 12.4. The molecular formula is C8H13ORb. The molecule has 0 N–H and O–H groups in total. The molecule has 1 nitrogen and oxygen atoms in total. The third-order valence-electron chi connectivity index (χ3n) is 2.49. The van der Waals surface area contributed by atoms with Crippen molar-refractivity contribution in [3.05, 3.63) is 5.92 Å². The minimum absolute atomic E-state index is 0. The van der Waals surface area contributed by atoms with Gasteiger partial charge in [0.15, 0.2) is 0 Å². The number of hydrogen-bond donors (Lipinski definition) is 0. The first-order chi connectivity index (χ1) is 3.98. The van der Waals surface area contributed by atoms with E-state index in [1.165, 1.54) is 5.92 Å². The van der Waals surface area contributed by atoms with Crippen LogP contribution in [0.15, 0.2) is 0 Å². The van der Waals surface area contributed by atoms with Gasteiger partial charge in [0.2, 0.25) is 0 Å². The fourth-order valence-corrected chi connectivity index (χ4v) is 1.58. The Balaban J connectivity index is 0.000000810. The van der Waals surface area contributed by atoms with E-state index in [1.54, 1.807) is 6.92 Å². The Bertz CT molecular complexity index is 151. The minimum Gasteiger partial charge on any atom is -0.305 e. The molecule has 1 unspecified atom stereocenters. The molecule has 1 fully saturated rings. The Labute approximate surface area is 112 Å². The van der Waals surface area contributed by atoms with Crippen LogP contribution in [0.4, 0.5) is 0 Å². The van der Waals surface area contributed by atoms with E-state index in [2.05, 4.69) is 20.8 Å². The molecule has 0 spiro atoms. The van der Waals surface area contributed by atoms with Crippen LogP contribution in [0.1, 0.15) is 27.7 Å². The SMILES string of the molecule is CC(=O)C1[C-](C)C1(C)C.[Rb+]. The van der Waals surface area contributed by atoms with Crippen LogP contribution in [0.2, 0.25) is 0 Å². The summed E-state index contributed by atoms with van der Waals surface area (Å²) >= 11 is 0. The predicted molar refractivity (Wildman–Crippen MR) is 36.9 cm³/mol. The van der Waals surface area contributed by atoms with Gasteiger partial charge in [-0.25, -0.2) is 0 Å². The van der Waals surface area contributed by atoms with E-state index < -0.39 is 0 Å². The van der Waals surface area contributed by atoms with Crippen molar-refractivity contribution in [2.24, 2.45) is 11.3 Å². The quantitative estimate of drug-likeness (QED) is 0.499. The van der Waals surface area contributed by atoms with Crippen molar-refractivity contribution in [2.75, 3.05) is 0 Å². The van der Waals surface area contributed by atoms with Gasteiger partial charge in [0, 0.05) is 0 Å². The molecule has 0 radical (unpaired) electrons. The van der Waals surface area contributed by atoms with E-state index in [-0.39, 0.29) is 69.5 Å². The monoisotopic (exact) mass is 210 g/mol. The van der Waals surface area contributed by atoms with E-state index in [0.29, 0.717) is 5.78 Å². The van der Waals surface area contributed by atoms with Crippen LogP contribution in [0.25, 0.3) is 0 Å². The van der Waals surface area contributed by atoms with Crippen molar-refractivity contribution in [3.8, 4) is 0 Å². The number of Topliss-reactive ketones (excluding diaryl/α,β-unsaturated/α-hetero) is 1. The normalized spacial score (nSPS) is 29.0. The average Bonchev–Trinajstić information content (AvgIpc) is 2.07. The summed E-state index contributed by atoms with van der Waals surface area (Å²) in [5, 5.41) is 0. The molecule has 0 amide bonds. The maximum Gasteiger partial charge on any atom is 1.00 e. The maximum absolute atomic E-state index is 10.8. The Morgan fingerprint density at radius 3 is 1.80 bits per heavy atom. The number of carbonyl (C=O) groups is 1. The van der Waals surface area contributed by atoms with Gasteiger partial charge in [-0.3, -0.25) is 0 Å². The molecule has 52 valence electrons. The summed E-state index contributed by atoms with van der Waals surface area (Å²) in [5.41, 5.74) is 0.214. The van der Waals surface area contributed by atoms with Crippen LogP contribution in [0, 0.1) is 17.3 Å². The van der Waals surface area contributed by atoms with Gasteiger partial charge in [0.05, 0.1) is 0 Å². The maximum atomic E-state index is 10.8. The molecular weight excluding hydrogens is 198 g/mol. The molecule has 0 heterocycles. The summed E-state index contributed by atoms with van der Waals surface area (Å²) in [6, 6.07) is 0.